The Morgan fingerprint density at radius 3 is 2.26 bits per heavy atom. The molecule has 6 heteroatoms. The number of sulfonamides is 1. The molecule has 108 valence electrons. The number of rotatable bonds is 3. The molecule has 4 nitrogen and oxygen atoms in total. The second kappa shape index (κ2) is 5.31. The Bertz CT molecular complexity index is 564. The van der Waals surface area contributed by atoms with E-state index in [9.17, 15) is 8.42 Å². The molecule has 0 spiro atoms. The maximum absolute atomic E-state index is 12.6. The van der Waals surface area contributed by atoms with Crippen LogP contribution in [0.3, 0.4) is 0 Å². The van der Waals surface area contributed by atoms with E-state index >= 15 is 0 Å². The molecule has 0 aliphatic rings. The van der Waals surface area contributed by atoms with Crippen LogP contribution < -0.4 is 5.73 Å². The first kappa shape index (κ1) is 16.3. The molecule has 1 rings (SSSR count). The van der Waals surface area contributed by atoms with Gasteiger partial charge in [0.2, 0.25) is 10.0 Å². The van der Waals surface area contributed by atoms with E-state index in [1.807, 2.05) is 27.7 Å². The van der Waals surface area contributed by atoms with Gasteiger partial charge < -0.3 is 5.73 Å². The Labute approximate surface area is 120 Å². The molecular formula is C13H21ClN2O2S. The van der Waals surface area contributed by atoms with Crippen molar-refractivity contribution >= 4 is 27.3 Å². The largest absolute Gasteiger partial charge is 0.398 e. The fraction of sp³-hybridized carbons (Fsp3) is 0.538. The van der Waals surface area contributed by atoms with Crippen LogP contribution in [0, 0.1) is 5.41 Å². The lowest BCUT2D eigenvalue weighted by Crippen LogP contribution is -2.43. The van der Waals surface area contributed by atoms with E-state index in [1.165, 1.54) is 22.5 Å². The summed E-state index contributed by atoms with van der Waals surface area (Å²) >= 11 is 5.79. The summed E-state index contributed by atoms with van der Waals surface area (Å²) in [6.45, 7) is 7.86. The minimum atomic E-state index is -3.62. The van der Waals surface area contributed by atoms with E-state index < -0.39 is 10.0 Å². The molecule has 0 bridgehead atoms. The topological polar surface area (TPSA) is 63.4 Å². The monoisotopic (exact) mass is 304 g/mol. The fourth-order valence-electron chi connectivity index (χ4n) is 1.66. The average molecular weight is 305 g/mol. The van der Waals surface area contributed by atoms with Crippen molar-refractivity contribution in [3.8, 4) is 0 Å². The maximum Gasteiger partial charge on any atom is 0.245 e. The molecule has 0 aromatic heterocycles. The predicted molar refractivity (Wildman–Crippen MR) is 79.7 cm³/mol. The molecule has 0 aliphatic carbocycles. The Hall–Kier alpha value is -0.780. The molecule has 0 radical (unpaired) electrons. The van der Waals surface area contributed by atoms with E-state index in [0.29, 0.717) is 5.02 Å². The number of nitrogens with zero attached hydrogens (tertiary/aromatic N) is 1. The van der Waals surface area contributed by atoms with E-state index in [1.54, 1.807) is 7.05 Å². The van der Waals surface area contributed by atoms with Gasteiger partial charge in [0.15, 0.2) is 0 Å². The van der Waals surface area contributed by atoms with Gasteiger partial charge in [0.25, 0.3) is 0 Å². The second-order valence-electron chi connectivity index (χ2n) is 5.75. The third kappa shape index (κ3) is 3.41. The molecule has 1 unspecified atom stereocenters. The number of benzene rings is 1. The van der Waals surface area contributed by atoms with Crippen LogP contribution in [0.15, 0.2) is 23.1 Å². The predicted octanol–water partition coefficient (Wildman–Crippen LogP) is 2.98. The van der Waals surface area contributed by atoms with E-state index in [0.717, 1.165) is 0 Å². The summed E-state index contributed by atoms with van der Waals surface area (Å²) < 4.78 is 26.5. The van der Waals surface area contributed by atoms with Crippen LogP contribution in [0.1, 0.15) is 27.7 Å². The Kier molecular flexibility index (Phi) is 4.55. The minimum Gasteiger partial charge on any atom is -0.398 e. The van der Waals surface area contributed by atoms with Crippen LogP contribution in [0.25, 0.3) is 0 Å². The summed E-state index contributed by atoms with van der Waals surface area (Å²) in [6.07, 6.45) is 0. The van der Waals surface area contributed by atoms with Crippen molar-refractivity contribution < 1.29 is 8.42 Å². The van der Waals surface area contributed by atoms with Crippen LogP contribution in [0.5, 0.6) is 0 Å². The highest BCUT2D eigenvalue weighted by Gasteiger charge is 2.33. The Morgan fingerprint density at radius 1 is 1.32 bits per heavy atom. The lowest BCUT2D eigenvalue weighted by molar-refractivity contribution is 0.216. The Morgan fingerprint density at radius 2 is 1.84 bits per heavy atom. The number of nitrogen functional groups attached to an aromatic ring is 1. The van der Waals surface area contributed by atoms with Gasteiger partial charge in [-0.3, -0.25) is 0 Å². The first-order valence-electron chi connectivity index (χ1n) is 6.01. The number of hydrogen-bond acceptors (Lipinski definition) is 3. The summed E-state index contributed by atoms with van der Waals surface area (Å²) in [7, 11) is -2.05. The van der Waals surface area contributed by atoms with Gasteiger partial charge in [0.05, 0.1) is 5.69 Å². The van der Waals surface area contributed by atoms with Crippen molar-refractivity contribution in [2.45, 2.75) is 38.6 Å². The van der Waals surface area contributed by atoms with Gasteiger partial charge in [-0.1, -0.05) is 32.4 Å². The quantitative estimate of drug-likeness (QED) is 0.873. The standard InChI is InChI=1S/C13H21ClN2O2S/c1-9(13(2,3)4)16(5)19(17,18)12-7-6-10(14)8-11(12)15/h6-9H,15H2,1-5H3. The molecule has 1 aromatic rings. The smallest absolute Gasteiger partial charge is 0.245 e. The summed E-state index contributed by atoms with van der Waals surface area (Å²) in [4.78, 5) is 0.0931. The molecule has 1 atom stereocenters. The van der Waals surface area contributed by atoms with Gasteiger partial charge >= 0.3 is 0 Å². The number of halogens is 1. The molecule has 0 fully saturated rings. The number of nitrogens with two attached hydrogens (primary N) is 1. The lowest BCUT2D eigenvalue weighted by Gasteiger charge is -2.34. The summed E-state index contributed by atoms with van der Waals surface area (Å²) in [5.74, 6) is 0. The van der Waals surface area contributed by atoms with Gasteiger partial charge in [0, 0.05) is 18.1 Å². The summed E-state index contributed by atoms with van der Waals surface area (Å²) in [5, 5.41) is 0.419. The first-order chi connectivity index (χ1) is 8.48. The van der Waals surface area contributed by atoms with E-state index in [2.05, 4.69) is 0 Å². The van der Waals surface area contributed by atoms with Gasteiger partial charge in [-0.05, 0) is 30.5 Å². The average Bonchev–Trinajstić information content (AvgIpc) is 2.25. The van der Waals surface area contributed by atoms with E-state index in [-0.39, 0.29) is 22.0 Å². The minimum absolute atomic E-state index is 0.0931. The highest BCUT2D eigenvalue weighted by Crippen LogP contribution is 2.30. The molecule has 0 saturated carbocycles. The summed E-state index contributed by atoms with van der Waals surface area (Å²) in [6, 6.07) is 4.26. The van der Waals surface area contributed by atoms with Crippen molar-refractivity contribution in [3.05, 3.63) is 23.2 Å². The fourth-order valence-corrected chi connectivity index (χ4v) is 3.48. The number of hydrogen-bond donors (Lipinski definition) is 1. The molecule has 0 heterocycles. The first-order valence-corrected chi connectivity index (χ1v) is 7.83. The van der Waals surface area contributed by atoms with Gasteiger partial charge in [0.1, 0.15) is 4.90 Å². The van der Waals surface area contributed by atoms with Crippen LogP contribution in [0.2, 0.25) is 5.02 Å². The van der Waals surface area contributed by atoms with Gasteiger partial charge in [-0.25, -0.2) is 8.42 Å². The number of anilines is 1. The van der Waals surface area contributed by atoms with Crippen LogP contribution in [0.4, 0.5) is 5.69 Å². The highest BCUT2D eigenvalue weighted by molar-refractivity contribution is 7.89. The zero-order valence-corrected chi connectivity index (χ0v) is 13.5. The molecule has 0 aliphatic heterocycles. The van der Waals surface area contributed by atoms with Crippen LogP contribution in [-0.2, 0) is 10.0 Å². The highest BCUT2D eigenvalue weighted by atomic mass is 35.5. The summed E-state index contributed by atoms with van der Waals surface area (Å²) in [5.41, 5.74) is 5.77. The molecular weight excluding hydrogens is 284 g/mol. The van der Waals surface area contributed by atoms with E-state index in [4.69, 9.17) is 17.3 Å². The zero-order valence-electron chi connectivity index (χ0n) is 11.9. The lowest BCUT2D eigenvalue weighted by atomic mass is 9.88. The molecule has 19 heavy (non-hydrogen) atoms. The van der Waals surface area contributed by atoms with Crippen molar-refractivity contribution in [1.82, 2.24) is 4.31 Å². The third-order valence-electron chi connectivity index (χ3n) is 3.43. The van der Waals surface area contributed by atoms with Gasteiger partial charge in [-0.15, -0.1) is 0 Å². The molecule has 1 aromatic carbocycles. The second-order valence-corrected chi connectivity index (χ2v) is 8.15. The van der Waals surface area contributed by atoms with Crippen LogP contribution >= 0.6 is 11.6 Å². The Balaban J connectivity index is 3.24. The van der Waals surface area contributed by atoms with Crippen LogP contribution in [-0.4, -0.2) is 25.8 Å². The van der Waals surface area contributed by atoms with Crippen molar-refractivity contribution in [3.63, 3.8) is 0 Å². The van der Waals surface area contributed by atoms with Crippen molar-refractivity contribution in [1.29, 1.82) is 0 Å². The maximum atomic E-state index is 12.6. The van der Waals surface area contributed by atoms with Gasteiger partial charge in [-0.2, -0.15) is 4.31 Å². The zero-order chi connectivity index (χ0) is 15.0. The van der Waals surface area contributed by atoms with Crippen molar-refractivity contribution in [2.75, 3.05) is 12.8 Å². The molecule has 0 saturated heterocycles. The third-order valence-corrected chi connectivity index (χ3v) is 5.66. The molecule has 2 N–H and O–H groups in total. The van der Waals surface area contributed by atoms with Crippen molar-refractivity contribution in [2.24, 2.45) is 5.41 Å². The normalized spacial score (nSPS) is 14.7. The SMILES string of the molecule is CC(N(C)S(=O)(=O)c1ccc(Cl)cc1N)C(C)(C)C. The molecule has 0 amide bonds.